The van der Waals surface area contributed by atoms with Gasteiger partial charge >= 0.3 is 0 Å². The predicted molar refractivity (Wildman–Crippen MR) is 127 cm³/mol. The zero-order valence-electron chi connectivity index (χ0n) is 17.3. The van der Waals surface area contributed by atoms with E-state index in [0.29, 0.717) is 33.4 Å². The molecule has 3 aromatic rings. The molecular weight excluding hydrogens is 471 g/mol. The molecule has 9 heteroatoms. The highest BCUT2D eigenvalue weighted by atomic mass is 35.5. The lowest BCUT2D eigenvalue weighted by molar-refractivity contribution is 0.0951. The lowest BCUT2D eigenvalue weighted by atomic mass is 10.1. The van der Waals surface area contributed by atoms with E-state index in [2.05, 4.69) is 5.32 Å². The topological polar surface area (TPSA) is 86.7 Å². The second-order valence-electron chi connectivity index (χ2n) is 7.19. The summed E-state index contributed by atoms with van der Waals surface area (Å²) in [6.07, 6.45) is 1.11. The molecule has 1 amide bonds. The summed E-state index contributed by atoms with van der Waals surface area (Å²) in [7, 11) is -3.62. The largest absolute Gasteiger partial charge is 0.392 e. The minimum absolute atomic E-state index is 0.00754. The first kappa shape index (κ1) is 24.1. The first-order valence-corrected chi connectivity index (χ1v) is 12.3. The molecule has 3 rings (SSSR count). The average Bonchev–Trinajstić information content (AvgIpc) is 2.78. The molecule has 0 bridgehead atoms. The highest BCUT2D eigenvalue weighted by Gasteiger charge is 2.20. The number of benzene rings is 3. The Morgan fingerprint density at radius 2 is 1.59 bits per heavy atom. The molecule has 0 fully saturated rings. The third-order valence-corrected chi connectivity index (χ3v) is 6.82. The molecule has 3 aromatic carbocycles. The van der Waals surface area contributed by atoms with Crippen LogP contribution in [0.15, 0.2) is 66.7 Å². The van der Waals surface area contributed by atoms with Crippen LogP contribution in [0.1, 0.15) is 27.0 Å². The maximum Gasteiger partial charge on any atom is 0.251 e. The predicted octanol–water partition coefficient (Wildman–Crippen LogP) is 4.38. The number of carbonyl (C=O) groups excluding carboxylic acids is 1. The fraction of sp³-hybridized carbons (Fsp3) is 0.174. The maximum absolute atomic E-state index is 12.5. The Morgan fingerprint density at radius 3 is 2.19 bits per heavy atom. The lowest BCUT2D eigenvalue weighted by Gasteiger charge is -2.23. The highest BCUT2D eigenvalue weighted by molar-refractivity contribution is 7.92. The molecule has 0 aromatic heterocycles. The van der Waals surface area contributed by atoms with E-state index in [1.54, 1.807) is 54.6 Å². The van der Waals surface area contributed by atoms with Crippen LogP contribution < -0.4 is 9.62 Å². The van der Waals surface area contributed by atoms with E-state index in [1.165, 1.54) is 4.31 Å². The number of aliphatic hydroxyl groups excluding tert-OH is 1. The third-order valence-electron chi connectivity index (χ3n) is 4.82. The van der Waals surface area contributed by atoms with Gasteiger partial charge in [-0.25, -0.2) is 8.42 Å². The Labute approximate surface area is 197 Å². The molecule has 168 valence electrons. The van der Waals surface area contributed by atoms with Gasteiger partial charge in [-0.1, -0.05) is 59.6 Å². The van der Waals surface area contributed by atoms with Crippen LogP contribution in [0.2, 0.25) is 10.0 Å². The number of rotatable bonds is 8. The van der Waals surface area contributed by atoms with Crippen molar-refractivity contribution >= 4 is 44.8 Å². The normalized spacial score (nSPS) is 11.2. The Balaban J connectivity index is 1.73. The Morgan fingerprint density at radius 1 is 0.969 bits per heavy atom. The number of anilines is 1. The van der Waals surface area contributed by atoms with E-state index < -0.39 is 10.0 Å². The van der Waals surface area contributed by atoms with Gasteiger partial charge in [0, 0.05) is 12.1 Å². The molecule has 0 saturated heterocycles. The van der Waals surface area contributed by atoms with Crippen LogP contribution >= 0.6 is 23.2 Å². The van der Waals surface area contributed by atoms with E-state index in [1.807, 2.05) is 12.1 Å². The summed E-state index contributed by atoms with van der Waals surface area (Å²) in [6.45, 7) is 0.301. The van der Waals surface area contributed by atoms with Crippen molar-refractivity contribution in [3.8, 4) is 0 Å². The number of carbonyl (C=O) groups is 1. The molecule has 2 N–H and O–H groups in total. The second kappa shape index (κ2) is 10.4. The van der Waals surface area contributed by atoms with Crippen LogP contribution in [0.25, 0.3) is 0 Å². The maximum atomic E-state index is 12.5. The average molecular weight is 493 g/mol. The molecule has 0 atom stereocenters. The zero-order valence-corrected chi connectivity index (χ0v) is 19.6. The number of halogens is 2. The molecule has 0 heterocycles. The van der Waals surface area contributed by atoms with Gasteiger partial charge in [0.15, 0.2) is 0 Å². The van der Waals surface area contributed by atoms with Crippen molar-refractivity contribution < 1.29 is 18.3 Å². The van der Waals surface area contributed by atoms with E-state index in [4.69, 9.17) is 28.3 Å². The van der Waals surface area contributed by atoms with E-state index in [-0.39, 0.29) is 19.1 Å². The second-order valence-corrected chi connectivity index (χ2v) is 9.88. The first-order valence-electron chi connectivity index (χ1n) is 9.66. The van der Waals surface area contributed by atoms with Gasteiger partial charge in [0.05, 0.1) is 35.1 Å². The number of hydrogen-bond acceptors (Lipinski definition) is 4. The minimum Gasteiger partial charge on any atom is -0.392 e. The van der Waals surface area contributed by atoms with Crippen LogP contribution in [0.5, 0.6) is 0 Å². The molecule has 0 radical (unpaired) electrons. The minimum atomic E-state index is -3.62. The third kappa shape index (κ3) is 6.01. The van der Waals surface area contributed by atoms with Gasteiger partial charge in [0.25, 0.3) is 5.91 Å². The van der Waals surface area contributed by atoms with Crippen molar-refractivity contribution in [3.05, 3.63) is 99.0 Å². The highest BCUT2D eigenvalue weighted by Crippen LogP contribution is 2.29. The fourth-order valence-electron chi connectivity index (χ4n) is 3.05. The molecular formula is C23H22Cl2N2O4S. The van der Waals surface area contributed by atoms with Gasteiger partial charge in [-0.2, -0.15) is 0 Å². The summed E-state index contributed by atoms with van der Waals surface area (Å²) in [5.41, 5.74) is 3.06. The van der Waals surface area contributed by atoms with Gasteiger partial charge in [-0.3, -0.25) is 9.10 Å². The number of sulfonamides is 1. The summed E-state index contributed by atoms with van der Waals surface area (Å²) >= 11 is 12.3. The summed E-state index contributed by atoms with van der Waals surface area (Å²) < 4.78 is 26.0. The van der Waals surface area contributed by atoms with Crippen molar-refractivity contribution in [3.63, 3.8) is 0 Å². The van der Waals surface area contributed by atoms with Crippen molar-refractivity contribution in [1.82, 2.24) is 5.32 Å². The Kier molecular flexibility index (Phi) is 7.79. The summed E-state index contributed by atoms with van der Waals surface area (Å²) in [5, 5.41) is 12.6. The number of nitrogens with one attached hydrogen (secondary N) is 1. The first-order chi connectivity index (χ1) is 15.2. The van der Waals surface area contributed by atoms with Gasteiger partial charge in [0.2, 0.25) is 10.0 Å². The molecule has 6 nitrogen and oxygen atoms in total. The summed E-state index contributed by atoms with van der Waals surface area (Å²) in [4.78, 5) is 12.5. The van der Waals surface area contributed by atoms with E-state index in [0.717, 1.165) is 17.4 Å². The van der Waals surface area contributed by atoms with Crippen LogP contribution in [-0.2, 0) is 29.7 Å². The zero-order chi connectivity index (χ0) is 23.3. The van der Waals surface area contributed by atoms with Gasteiger partial charge < -0.3 is 10.4 Å². The molecule has 0 aliphatic rings. The van der Waals surface area contributed by atoms with Gasteiger partial charge in [-0.15, -0.1) is 0 Å². The van der Waals surface area contributed by atoms with Crippen LogP contribution in [0.4, 0.5) is 5.69 Å². The number of hydrogen-bond donors (Lipinski definition) is 2. The van der Waals surface area contributed by atoms with Crippen LogP contribution in [0, 0.1) is 0 Å². The number of aliphatic hydroxyl groups is 1. The fourth-order valence-corrected chi connectivity index (χ4v) is 4.31. The van der Waals surface area contributed by atoms with Crippen molar-refractivity contribution in [1.29, 1.82) is 0 Å². The van der Waals surface area contributed by atoms with E-state index >= 15 is 0 Å². The molecule has 32 heavy (non-hydrogen) atoms. The van der Waals surface area contributed by atoms with Gasteiger partial charge in [-0.05, 0) is 47.0 Å². The Bertz CT molecular complexity index is 1200. The smallest absolute Gasteiger partial charge is 0.251 e. The lowest BCUT2D eigenvalue weighted by Crippen LogP contribution is -2.29. The van der Waals surface area contributed by atoms with Crippen LogP contribution in [0.3, 0.4) is 0 Å². The van der Waals surface area contributed by atoms with E-state index in [9.17, 15) is 13.2 Å². The SMILES string of the molecule is CS(=O)(=O)N(Cc1cccc(Cl)c1Cl)c1ccc(C(=O)NCc2ccc(CO)cc2)cc1. The number of amides is 1. The van der Waals surface area contributed by atoms with Crippen LogP contribution in [-0.4, -0.2) is 25.7 Å². The molecule has 0 aliphatic carbocycles. The molecule has 0 saturated carbocycles. The van der Waals surface area contributed by atoms with Crippen molar-refractivity contribution in [2.24, 2.45) is 0 Å². The van der Waals surface area contributed by atoms with Crippen molar-refractivity contribution in [2.75, 3.05) is 10.6 Å². The summed E-state index contributed by atoms with van der Waals surface area (Å²) in [5.74, 6) is -0.286. The Hall–Kier alpha value is -2.58. The molecule has 0 unspecified atom stereocenters. The monoisotopic (exact) mass is 492 g/mol. The summed E-state index contributed by atoms with van der Waals surface area (Å²) in [6, 6.07) is 18.6. The molecule has 0 spiro atoms. The van der Waals surface area contributed by atoms with Crippen molar-refractivity contribution in [2.45, 2.75) is 19.7 Å². The molecule has 0 aliphatic heterocycles. The standard InChI is InChI=1S/C23H22Cl2N2O4S/c1-32(30,31)27(14-19-3-2-4-21(24)22(19)25)20-11-9-18(10-12-20)23(29)26-13-16-5-7-17(15-28)8-6-16/h2-12,28H,13-15H2,1H3,(H,26,29). The number of nitrogens with zero attached hydrogens (tertiary/aromatic N) is 1. The quantitative estimate of drug-likeness (QED) is 0.488. The van der Waals surface area contributed by atoms with Gasteiger partial charge in [0.1, 0.15) is 0 Å².